The van der Waals surface area contributed by atoms with Crippen molar-refractivity contribution in [1.82, 2.24) is 4.90 Å². The van der Waals surface area contributed by atoms with Crippen LogP contribution in [-0.2, 0) is 0 Å². The number of methoxy groups -OCH3 is 1. The van der Waals surface area contributed by atoms with Crippen LogP contribution in [0.25, 0.3) is 0 Å². The number of carbonyl (C=O) groups excluding carboxylic acids is 1. The highest BCUT2D eigenvalue weighted by Gasteiger charge is 2.35. The summed E-state index contributed by atoms with van der Waals surface area (Å²) in [6.07, 6.45) is -4.53. The molecule has 20 heavy (non-hydrogen) atoms. The molecule has 0 radical (unpaired) electrons. The quantitative estimate of drug-likeness (QED) is 0.798. The Morgan fingerprint density at radius 3 is 2.40 bits per heavy atom. The zero-order valence-corrected chi connectivity index (χ0v) is 11.3. The molecule has 7 heteroatoms. The van der Waals surface area contributed by atoms with Crippen molar-refractivity contribution in [1.29, 1.82) is 0 Å². The molecule has 1 aromatic rings. The first-order valence-corrected chi connectivity index (χ1v) is 5.87. The van der Waals surface area contributed by atoms with Crippen LogP contribution in [0.3, 0.4) is 0 Å². The lowest BCUT2D eigenvalue weighted by Gasteiger charge is -2.28. The van der Waals surface area contributed by atoms with Gasteiger partial charge in [-0.15, -0.1) is 0 Å². The molecule has 3 nitrogen and oxygen atoms in total. The van der Waals surface area contributed by atoms with E-state index in [2.05, 4.69) is 0 Å². The highest BCUT2D eigenvalue weighted by Crippen LogP contribution is 2.25. The largest absolute Gasteiger partial charge is 0.496 e. The third kappa shape index (κ3) is 4.11. The molecule has 0 aliphatic rings. The summed E-state index contributed by atoms with van der Waals surface area (Å²) >= 11 is 0. The van der Waals surface area contributed by atoms with Crippen LogP contribution in [0.1, 0.15) is 24.2 Å². The molecule has 1 amide bonds. The molecular weight excluding hydrogens is 278 g/mol. The number of carbonyl (C=O) groups is 1. The maximum Gasteiger partial charge on any atom is 0.406 e. The van der Waals surface area contributed by atoms with Gasteiger partial charge >= 0.3 is 6.18 Å². The molecule has 0 aliphatic heterocycles. The second-order valence-electron chi connectivity index (χ2n) is 4.49. The Balaban J connectivity index is 3.16. The van der Waals surface area contributed by atoms with Crippen molar-refractivity contribution in [2.75, 3.05) is 13.7 Å². The fraction of sp³-hybridized carbons (Fsp3) is 0.462. The molecule has 0 fully saturated rings. The van der Waals surface area contributed by atoms with Gasteiger partial charge in [-0.25, -0.2) is 4.39 Å². The lowest BCUT2D eigenvalue weighted by atomic mass is 10.1. The first-order valence-electron chi connectivity index (χ1n) is 5.87. The average molecular weight is 293 g/mol. The van der Waals surface area contributed by atoms with Crippen LogP contribution in [0, 0.1) is 5.82 Å². The SMILES string of the molecule is COc1ccc(F)cc1C(=O)N(CC(F)(F)F)C(C)C. The van der Waals surface area contributed by atoms with E-state index >= 15 is 0 Å². The zero-order valence-electron chi connectivity index (χ0n) is 11.3. The van der Waals surface area contributed by atoms with E-state index in [1.54, 1.807) is 0 Å². The Hall–Kier alpha value is -1.79. The molecule has 0 spiro atoms. The van der Waals surface area contributed by atoms with E-state index in [0.29, 0.717) is 4.90 Å². The fourth-order valence-electron chi connectivity index (χ4n) is 1.68. The minimum atomic E-state index is -4.53. The highest BCUT2D eigenvalue weighted by molar-refractivity contribution is 5.97. The number of rotatable bonds is 4. The number of amides is 1. The van der Waals surface area contributed by atoms with E-state index in [1.807, 2.05) is 0 Å². The van der Waals surface area contributed by atoms with Gasteiger partial charge in [0.05, 0.1) is 12.7 Å². The van der Waals surface area contributed by atoms with Crippen LogP contribution in [0.5, 0.6) is 5.75 Å². The molecule has 0 N–H and O–H groups in total. The molecule has 1 rings (SSSR count). The molecule has 0 aliphatic carbocycles. The van der Waals surface area contributed by atoms with E-state index < -0.39 is 30.5 Å². The Kier molecular flexibility index (Phi) is 4.97. The van der Waals surface area contributed by atoms with E-state index in [9.17, 15) is 22.4 Å². The summed E-state index contributed by atoms with van der Waals surface area (Å²) in [6.45, 7) is 1.51. The van der Waals surface area contributed by atoms with Crippen LogP contribution in [0.4, 0.5) is 17.6 Å². The van der Waals surface area contributed by atoms with Crippen molar-refractivity contribution >= 4 is 5.91 Å². The van der Waals surface area contributed by atoms with Gasteiger partial charge in [-0.05, 0) is 32.0 Å². The number of nitrogens with zero attached hydrogens (tertiary/aromatic N) is 1. The summed E-state index contributed by atoms with van der Waals surface area (Å²) in [6, 6.07) is 2.46. The van der Waals surface area contributed by atoms with E-state index in [1.165, 1.54) is 27.0 Å². The van der Waals surface area contributed by atoms with Crippen LogP contribution < -0.4 is 4.74 Å². The van der Waals surface area contributed by atoms with E-state index in [-0.39, 0.29) is 11.3 Å². The molecule has 0 saturated heterocycles. The first kappa shape index (κ1) is 16.3. The van der Waals surface area contributed by atoms with Crippen LogP contribution in [0.15, 0.2) is 18.2 Å². The number of halogens is 4. The molecular formula is C13H15F4NO2. The number of ether oxygens (including phenoxy) is 1. The van der Waals surface area contributed by atoms with Crippen molar-refractivity contribution in [2.24, 2.45) is 0 Å². The van der Waals surface area contributed by atoms with Crippen LogP contribution in [0.2, 0.25) is 0 Å². The third-order valence-corrected chi connectivity index (χ3v) is 2.63. The van der Waals surface area contributed by atoms with Crippen molar-refractivity contribution in [3.8, 4) is 5.75 Å². The minimum Gasteiger partial charge on any atom is -0.496 e. The maximum absolute atomic E-state index is 13.2. The third-order valence-electron chi connectivity index (χ3n) is 2.63. The standard InChI is InChI=1S/C13H15F4NO2/c1-8(2)18(7-13(15,16)17)12(19)10-6-9(14)4-5-11(10)20-3/h4-6,8H,7H2,1-3H3. The monoisotopic (exact) mass is 293 g/mol. The molecule has 0 unspecified atom stereocenters. The van der Waals surface area contributed by atoms with Gasteiger partial charge in [0.1, 0.15) is 18.1 Å². The number of hydrogen-bond acceptors (Lipinski definition) is 2. The fourth-order valence-corrected chi connectivity index (χ4v) is 1.68. The van der Waals surface area contributed by atoms with Crippen molar-refractivity contribution in [2.45, 2.75) is 26.1 Å². The summed E-state index contributed by atoms with van der Waals surface area (Å²) in [5, 5.41) is 0. The van der Waals surface area contributed by atoms with Crippen molar-refractivity contribution < 1.29 is 27.1 Å². The van der Waals surface area contributed by atoms with Gasteiger partial charge in [-0.3, -0.25) is 4.79 Å². The maximum atomic E-state index is 13.2. The Labute approximate surface area is 114 Å². The number of benzene rings is 1. The van der Waals surface area contributed by atoms with Crippen LogP contribution >= 0.6 is 0 Å². The Morgan fingerprint density at radius 2 is 1.95 bits per heavy atom. The van der Waals surface area contributed by atoms with Gasteiger partial charge in [0, 0.05) is 6.04 Å². The lowest BCUT2D eigenvalue weighted by molar-refractivity contribution is -0.143. The number of alkyl halides is 3. The second-order valence-corrected chi connectivity index (χ2v) is 4.49. The summed E-state index contributed by atoms with van der Waals surface area (Å²) in [7, 11) is 1.26. The van der Waals surface area contributed by atoms with E-state index in [0.717, 1.165) is 12.1 Å². The van der Waals surface area contributed by atoms with Gasteiger partial charge in [-0.2, -0.15) is 13.2 Å². The molecule has 0 atom stereocenters. The number of hydrogen-bond donors (Lipinski definition) is 0. The summed E-state index contributed by atoms with van der Waals surface area (Å²) in [5.41, 5.74) is -0.231. The molecule has 0 heterocycles. The van der Waals surface area contributed by atoms with Crippen molar-refractivity contribution in [3.63, 3.8) is 0 Å². The first-order chi connectivity index (χ1) is 9.15. The summed E-state index contributed by atoms with van der Waals surface area (Å²) < 4.78 is 55.6. The van der Waals surface area contributed by atoms with Gasteiger partial charge in [0.25, 0.3) is 5.91 Å². The summed E-state index contributed by atoms with van der Waals surface area (Å²) in [4.78, 5) is 12.8. The highest BCUT2D eigenvalue weighted by atomic mass is 19.4. The Bertz CT molecular complexity index is 486. The van der Waals surface area contributed by atoms with Crippen molar-refractivity contribution in [3.05, 3.63) is 29.6 Å². The van der Waals surface area contributed by atoms with Gasteiger partial charge < -0.3 is 9.64 Å². The van der Waals surface area contributed by atoms with Gasteiger partial charge in [0.15, 0.2) is 0 Å². The molecule has 1 aromatic carbocycles. The van der Waals surface area contributed by atoms with Crippen LogP contribution in [-0.4, -0.2) is 36.7 Å². The summed E-state index contributed by atoms with van der Waals surface area (Å²) in [5.74, 6) is -1.61. The zero-order chi connectivity index (χ0) is 15.5. The smallest absolute Gasteiger partial charge is 0.406 e. The van der Waals surface area contributed by atoms with Gasteiger partial charge in [-0.1, -0.05) is 0 Å². The molecule has 0 bridgehead atoms. The molecule has 112 valence electrons. The Morgan fingerprint density at radius 1 is 1.35 bits per heavy atom. The minimum absolute atomic E-state index is 0.0317. The normalized spacial score (nSPS) is 11.6. The predicted octanol–water partition coefficient (Wildman–Crippen LogP) is 3.25. The topological polar surface area (TPSA) is 29.5 Å². The molecule has 0 aromatic heterocycles. The lowest BCUT2D eigenvalue weighted by Crippen LogP contribution is -2.43. The average Bonchev–Trinajstić information content (AvgIpc) is 2.33. The molecule has 0 saturated carbocycles. The predicted molar refractivity (Wildman–Crippen MR) is 65.2 cm³/mol. The second kappa shape index (κ2) is 6.11. The van der Waals surface area contributed by atoms with E-state index in [4.69, 9.17) is 4.74 Å². The van der Waals surface area contributed by atoms with Gasteiger partial charge in [0.2, 0.25) is 0 Å².